The van der Waals surface area contributed by atoms with Gasteiger partial charge in [0.1, 0.15) is 0 Å². The molecular weight excluding hydrogens is 434 g/mol. The van der Waals surface area contributed by atoms with Gasteiger partial charge >= 0.3 is 0 Å². The predicted molar refractivity (Wildman–Crippen MR) is 156 cm³/mol. The molecule has 0 atom stereocenters. The van der Waals surface area contributed by atoms with Gasteiger partial charge in [0, 0.05) is 24.0 Å². The van der Waals surface area contributed by atoms with Gasteiger partial charge in [0.15, 0.2) is 0 Å². The summed E-state index contributed by atoms with van der Waals surface area (Å²) >= 11 is 0. The first-order valence-electron chi connectivity index (χ1n) is 12.4. The van der Waals surface area contributed by atoms with E-state index in [-0.39, 0.29) is 0 Å². The van der Waals surface area contributed by atoms with Crippen molar-refractivity contribution in [1.82, 2.24) is 0 Å². The number of hydrogen-bond acceptors (Lipinski definition) is 1. The first-order valence-corrected chi connectivity index (χ1v) is 12.4. The Bertz CT molecular complexity index is 1910. The SMILES string of the molecule is CN(c1ccc2ccccc2c1)c1ccc2ccccc2c1-c1ccc2ccc3ccccc3c2c1. The molecule has 1 heteroatoms. The van der Waals surface area contributed by atoms with Crippen molar-refractivity contribution < 1.29 is 0 Å². The van der Waals surface area contributed by atoms with Gasteiger partial charge in [0.05, 0.1) is 0 Å². The summed E-state index contributed by atoms with van der Waals surface area (Å²) in [6.45, 7) is 0. The van der Waals surface area contributed by atoms with Crippen molar-refractivity contribution in [3.63, 3.8) is 0 Å². The largest absolute Gasteiger partial charge is 0.344 e. The maximum atomic E-state index is 2.37. The van der Waals surface area contributed by atoms with Crippen LogP contribution in [0.3, 0.4) is 0 Å². The lowest BCUT2D eigenvalue weighted by Crippen LogP contribution is -2.11. The van der Waals surface area contributed by atoms with Gasteiger partial charge in [-0.3, -0.25) is 0 Å². The van der Waals surface area contributed by atoms with Crippen LogP contribution in [0.25, 0.3) is 54.2 Å². The average molecular weight is 460 g/mol. The number of nitrogens with zero attached hydrogens (tertiary/aromatic N) is 1. The van der Waals surface area contributed by atoms with Crippen LogP contribution in [0.2, 0.25) is 0 Å². The number of benzene rings is 7. The van der Waals surface area contributed by atoms with Crippen molar-refractivity contribution in [3.8, 4) is 11.1 Å². The minimum absolute atomic E-state index is 1.18. The maximum absolute atomic E-state index is 2.37. The van der Waals surface area contributed by atoms with E-state index in [1.165, 1.54) is 65.6 Å². The lowest BCUT2D eigenvalue weighted by molar-refractivity contribution is 1.22. The third-order valence-corrected chi connectivity index (χ3v) is 7.42. The Morgan fingerprint density at radius 1 is 0.417 bits per heavy atom. The summed E-state index contributed by atoms with van der Waals surface area (Å²) in [7, 11) is 2.17. The summed E-state index contributed by atoms with van der Waals surface area (Å²) < 4.78 is 0. The van der Waals surface area contributed by atoms with Crippen molar-refractivity contribution in [3.05, 3.63) is 133 Å². The Hall–Kier alpha value is -4.62. The van der Waals surface area contributed by atoms with Crippen molar-refractivity contribution in [2.45, 2.75) is 0 Å². The van der Waals surface area contributed by atoms with E-state index in [0.717, 1.165) is 0 Å². The molecule has 1 nitrogen and oxygen atoms in total. The first-order chi connectivity index (χ1) is 17.8. The molecule has 0 spiro atoms. The lowest BCUT2D eigenvalue weighted by Gasteiger charge is -2.25. The maximum Gasteiger partial charge on any atom is 0.0494 e. The van der Waals surface area contributed by atoms with Crippen molar-refractivity contribution in [2.24, 2.45) is 0 Å². The summed E-state index contributed by atoms with van der Waals surface area (Å²) in [6, 6.07) is 48.5. The second kappa shape index (κ2) is 8.25. The van der Waals surface area contributed by atoms with Crippen molar-refractivity contribution in [2.75, 3.05) is 11.9 Å². The molecule has 0 N–H and O–H groups in total. The Morgan fingerprint density at radius 3 is 1.78 bits per heavy atom. The van der Waals surface area contributed by atoms with Gasteiger partial charge in [-0.1, -0.05) is 109 Å². The van der Waals surface area contributed by atoms with Crippen LogP contribution >= 0.6 is 0 Å². The van der Waals surface area contributed by atoms with E-state index in [0.29, 0.717) is 0 Å². The minimum Gasteiger partial charge on any atom is -0.344 e. The van der Waals surface area contributed by atoms with Crippen LogP contribution in [-0.2, 0) is 0 Å². The predicted octanol–water partition coefficient (Wildman–Crippen LogP) is 9.73. The molecule has 0 heterocycles. The molecule has 0 aliphatic heterocycles. The van der Waals surface area contributed by atoms with E-state index in [9.17, 15) is 0 Å². The standard InChI is InChI=1S/C35H25N/c1-36(30-20-18-24-8-2-3-11-28(24)22-30)34-21-19-26-10-5-7-13-32(26)35(34)29-17-16-27-15-14-25-9-4-6-12-31(25)33(27)23-29/h2-23H,1H3. The summed E-state index contributed by atoms with van der Waals surface area (Å²) in [6.07, 6.45) is 0. The molecule has 7 rings (SSSR count). The van der Waals surface area contributed by atoms with Crippen molar-refractivity contribution in [1.29, 1.82) is 0 Å². The Labute approximate surface area is 210 Å². The minimum atomic E-state index is 1.18. The fraction of sp³-hybridized carbons (Fsp3) is 0.0286. The molecule has 0 unspecified atom stereocenters. The summed E-state index contributed by atoms with van der Waals surface area (Å²) in [5.74, 6) is 0. The molecule has 0 radical (unpaired) electrons. The molecule has 36 heavy (non-hydrogen) atoms. The van der Waals surface area contributed by atoms with Gasteiger partial charge in [0.2, 0.25) is 0 Å². The third-order valence-electron chi connectivity index (χ3n) is 7.42. The zero-order valence-corrected chi connectivity index (χ0v) is 20.1. The van der Waals surface area contributed by atoms with E-state index in [1.54, 1.807) is 0 Å². The first kappa shape index (κ1) is 20.7. The highest BCUT2D eigenvalue weighted by atomic mass is 15.1. The molecule has 0 aromatic heterocycles. The fourth-order valence-electron chi connectivity index (χ4n) is 5.52. The van der Waals surface area contributed by atoms with E-state index < -0.39 is 0 Å². The molecule has 0 aliphatic carbocycles. The van der Waals surface area contributed by atoms with E-state index in [1.807, 2.05) is 0 Å². The number of fused-ring (bicyclic) bond motifs is 5. The van der Waals surface area contributed by atoms with Crippen LogP contribution in [0.4, 0.5) is 11.4 Å². The van der Waals surface area contributed by atoms with E-state index in [2.05, 4.69) is 145 Å². The second-order valence-electron chi connectivity index (χ2n) is 9.49. The van der Waals surface area contributed by atoms with Gasteiger partial charge in [-0.05, 0) is 72.9 Å². The van der Waals surface area contributed by atoms with Gasteiger partial charge in [0.25, 0.3) is 0 Å². The van der Waals surface area contributed by atoms with Gasteiger partial charge < -0.3 is 4.90 Å². The average Bonchev–Trinajstić information content (AvgIpc) is 2.95. The van der Waals surface area contributed by atoms with E-state index in [4.69, 9.17) is 0 Å². The molecule has 0 aliphatic rings. The highest BCUT2D eigenvalue weighted by Crippen LogP contribution is 2.41. The Balaban J connectivity index is 1.49. The normalized spacial score (nSPS) is 11.5. The van der Waals surface area contributed by atoms with E-state index >= 15 is 0 Å². The lowest BCUT2D eigenvalue weighted by atomic mass is 9.92. The third kappa shape index (κ3) is 3.32. The summed E-state index contributed by atoms with van der Waals surface area (Å²) in [5.41, 5.74) is 4.87. The molecule has 0 fully saturated rings. The van der Waals surface area contributed by atoms with Crippen LogP contribution in [0.15, 0.2) is 133 Å². The topological polar surface area (TPSA) is 3.24 Å². The monoisotopic (exact) mass is 459 g/mol. The zero-order valence-electron chi connectivity index (χ0n) is 20.1. The number of anilines is 2. The summed E-state index contributed by atoms with van der Waals surface area (Å²) in [4.78, 5) is 2.32. The smallest absolute Gasteiger partial charge is 0.0494 e. The van der Waals surface area contributed by atoms with Crippen LogP contribution in [0, 0.1) is 0 Å². The van der Waals surface area contributed by atoms with Crippen LogP contribution in [0.5, 0.6) is 0 Å². The molecule has 7 aromatic rings. The molecule has 0 saturated carbocycles. The molecule has 0 saturated heterocycles. The van der Waals surface area contributed by atoms with Crippen LogP contribution in [0.1, 0.15) is 0 Å². The number of hydrogen-bond donors (Lipinski definition) is 0. The fourth-order valence-corrected chi connectivity index (χ4v) is 5.52. The van der Waals surface area contributed by atoms with Crippen LogP contribution < -0.4 is 4.90 Å². The molecule has 7 aromatic carbocycles. The molecule has 170 valence electrons. The number of rotatable bonds is 3. The van der Waals surface area contributed by atoms with Crippen LogP contribution in [-0.4, -0.2) is 7.05 Å². The van der Waals surface area contributed by atoms with Gasteiger partial charge in [-0.2, -0.15) is 0 Å². The van der Waals surface area contributed by atoms with Gasteiger partial charge in [-0.25, -0.2) is 0 Å². The Morgan fingerprint density at radius 2 is 0.972 bits per heavy atom. The highest BCUT2D eigenvalue weighted by molar-refractivity contribution is 6.11. The summed E-state index contributed by atoms with van der Waals surface area (Å²) in [5, 5.41) is 10.1. The highest BCUT2D eigenvalue weighted by Gasteiger charge is 2.16. The quantitative estimate of drug-likeness (QED) is 0.238. The van der Waals surface area contributed by atoms with Gasteiger partial charge in [-0.15, -0.1) is 0 Å². The second-order valence-corrected chi connectivity index (χ2v) is 9.49. The molecular formula is C35H25N. The molecule has 0 bridgehead atoms. The Kier molecular flexibility index (Phi) is 4.75. The van der Waals surface area contributed by atoms with Crippen molar-refractivity contribution >= 4 is 54.5 Å². The zero-order chi connectivity index (χ0) is 24.1. The molecule has 0 amide bonds.